The van der Waals surface area contributed by atoms with Crippen LogP contribution in [0.1, 0.15) is 25.1 Å². The highest BCUT2D eigenvalue weighted by Gasteiger charge is 2.35. The monoisotopic (exact) mass is 295 g/mol. The van der Waals surface area contributed by atoms with Gasteiger partial charge in [0.1, 0.15) is 5.41 Å². The van der Waals surface area contributed by atoms with Crippen LogP contribution in [0.5, 0.6) is 0 Å². The summed E-state index contributed by atoms with van der Waals surface area (Å²) in [7, 11) is 0. The largest absolute Gasteiger partial charge is 0.481 e. The fraction of sp³-hybridized carbons (Fsp3) is 0.308. The Kier molecular flexibility index (Phi) is 2.78. The number of aromatic nitrogens is 1. The smallest absolute Gasteiger partial charge is 0.315 e. The van der Waals surface area contributed by atoms with E-state index in [0.717, 1.165) is 21.2 Å². The van der Waals surface area contributed by atoms with Crippen molar-refractivity contribution in [3.8, 4) is 0 Å². The van der Waals surface area contributed by atoms with Crippen LogP contribution in [-0.2, 0) is 10.2 Å². The molecule has 1 N–H and O–H groups in total. The number of carboxylic acids is 1. The number of aliphatic carboxylic acids is 1. The van der Waals surface area contributed by atoms with Crippen molar-refractivity contribution in [2.75, 3.05) is 0 Å². The minimum atomic E-state index is -0.916. The second-order valence-corrected chi connectivity index (χ2v) is 5.47. The fourth-order valence-electron chi connectivity index (χ4n) is 2.16. The number of halogens is 1. The molecular formula is C13H14BrNO2. The molecule has 0 radical (unpaired) electrons. The van der Waals surface area contributed by atoms with Crippen molar-refractivity contribution in [1.82, 2.24) is 4.40 Å². The summed E-state index contributed by atoms with van der Waals surface area (Å²) in [5.74, 6) is -0.823. The zero-order chi connectivity index (χ0) is 12.8. The number of fused-ring (bicyclic) bond motifs is 1. The third-order valence-electron chi connectivity index (χ3n) is 3.14. The summed E-state index contributed by atoms with van der Waals surface area (Å²) < 4.78 is 2.90. The Morgan fingerprint density at radius 3 is 2.65 bits per heavy atom. The first-order valence-electron chi connectivity index (χ1n) is 5.36. The Labute approximate surface area is 108 Å². The predicted octanol–water partition coefficient (Wildman–Crippen LogP) is 3.37. The lowest BCUT2D eigenvalue weighted by atomic mass is 9.87. The number of nitrogens with zero attached hydrogens (tertiary/aromatic N) is 1. The summed E-state index contributed by atoms with van der Waals surface area (Å²) in [6, 6.07) is 5.82. The Balaban J connectivity index is 2.87. The van der Waals surface area contributed by atoms with Crippen LogP contribution in [0.2, 0.25) is 0 Å². The standard InChI is InChI=1S/C13H14BrNO2/c1-8-10(14)9-6-4-5-7-15(9)11(8)13(2,3)12(16)17/h4-7H,1-3H3,(H,16,17). The van der Waals surface area contributed by atoms with E-state index in [1.54, 1.807) is 13.8 Å². The maximum absolute atomic E-state index is 11.4. The van der Waals surface area contributed by atoms with Gasteiger partial charge in [-0.2, -0.15) is 0 Å². The molecule has 17 heavy (non-hydrogen) atoms. The molecular weight excluding hydrogens is 282 g/mol. The second-order valence-electron chi connectivity index (χ2n) is 4.67. The van der Waals surface area contributed by atoms with E-state index in [-0.39, 0.29) is 0 Å². The van der Waals surface area contributed by atoms with E-state index in [2.05, 4.69) is 15.9 Å². The van der Waals surface area contributed by atoms with Crippen LogP contribution in [0.3, 0.4) is 0 Å². The van der Waals surface area contributed by atoms with Crippen molar-refractivity contribution in [3.05, 3.63) is 40.1 Å². The van der Waals surface area contributed by atoms with Gasteiger partial charge >= 0.3 is 5.97 Å². The molecule has 0 saturated heterocycles. The van der Waals surface area contributed by atoms with Crippen LogP contribution in [0.25, 0.3) is 5.52 Å². The highest BCUT2D eigenvalue weighted by molar-refractivity contribution is 9.10. The lowest BCUT2D eigenvalue weighted by Crippen LogP contribution is -2.30. The molecule has 0 fully saturated rings. The Hall–Kier alpha value is -1.29. The van der Waals surface area contributed by atoms with E-state index in [1.807, 2.05) is 35.7 Å². The maximum Gasteiger partial charge on any atom is 0.315 e. The van der Waals surface area contributed by atoms with Crippen LogP contribution in [0.15, 0.2) is 28.9 Å². The van der Waals surface area contributed by atoms with Crippen LogP contribution >= 0.6 is 15.9 Å². The minimum absolute atomic E-state index is 0.812. The third kappa shape index (κ3) is 1.67. The van der Waals surface area contributed by atoms with E-state index in [9.17, 15) is 9.90 Å². The quantitative estimate of drug-likeness (QED) is 0.923. The van der Waals surface area contributed by atoms with E-state index < -0.39 is 11.4 Å². The number of pyridine rings is 1. The normalized spacial score (nSPS) is 12.0. The Morgan fingerprint density at radius 2 is 2.06 bits per heavy atom. The van der Waals surface area contributed by atoms with Crippen molar-refractivity contribution >= 4 is 27.4 Å². The molecule has 0 bridgehead atoms. The van der Waals surface area contributed by atoms with Crippen molar-refractivity contribution in [2.24, 2.45) is 0 Å². The number of carbonyl (C=O) groups is 1. The van der Waals surface area contributed by atoms with Crippen LogP contribution in [-0.4, -0.2) is 15.5 Å². The highest BCUT2D eigenvalue weighted by atomic mass is 79.9. The van der Waals surface area contributed by atoms with Gasteiger partial charge < -0.3 is 9.51 Å². The van der Waals surface area contributed by atoms with Crippen LogP contribution in [0.4, 0.5) is 0 Å². The molecule has 2 aromatic heterocycles. The van der Waals surface area contributed by atoms with E-state index >= 15 is 0 Å². The molecule has 0 spiro atoms. The number of hydrogen-bond acceptors (Lipinski definition) is 1. The molecule has 2 aromatic rings. The number of carboxylic acid groups (broad SMARTS) is 1. The first-order chi connectivity index (χ1) is 7.87. The van der Waals surface area contributed by atoms with Gasteiger partial charge in [-0.25, -0.2) is 0 Å². The molecule has 0 aliphatic carbocycles. The van der Waals surface area contributed by atoms with Gasteiger partial charge in [-0.1, -0.05) is 6.07 Å². The average Bonchev–Trinajstić information content (AvgIpc) is 2.52. The average molecular weight is 296 g/mol. The fourth-order valence-corrected chi connectivity index (χ4v) is 2.68. The molecule has 4 heteroatoms. The lowest BCUT2D eigenvalue weighted by Gasteiger charge is -2.20. The summed E-state index contributed by atoms with van der Waals surface area (Å²) in [6.45, 7) is 5.39. The highest BCUT2D eigenvalue weighted by Crippen LogP contribution is 2.35. The summed E-state index contributed by atoms with van der Waals surface area (Å²) in [6.07, 6.45) is 1.90. The zero-order valence-corrected chi connectivity index (χ0v) is 11.6. The maximum atomic E-state index is 11.4. The van der Waals surface area contributed by atoms with Gasteiger partial charge in [-0.3, -0.25) is 4.79 Å². The van der Waals surface area contributed by atoms with Gasteiger partial charge in [0, 0.05) is 16.4 Å². The number of rotatable bonds is 2. The van der Waals surface area contributed by atoms with Gasteiger partial charge in [0.2, 0.25) is 0 Å². The molecule has 0 saturated carbocycles. The number of hydrogen-bond donors (Lipinski definition) is 1. The van der Waals surface area contributed by atoms with Crippen molar-refractivity contribution in [2.45, 2.75) is 26.2 Å². The van der Waals surface area contributed by atoms with Gasteiger partial charge in [0.15, 0.2) is 0 Å². The summed E-state index contributed by atoms with van der Waals surface area (Å²) in [5.41, 5.74) is 1.87. The molecule has 0 atom stereocenters. The van der Waals surface area contributed by atoms with E-state index in [1.165, 1.54) is 0 Å². The molecule has 0 aliphatic rings. The van der Waals surface area contributed by atoms with Crippen molar-refractivity contribution in [3.63, 3.8) is 0 Å². The van der Waals surface area contributed by atoms with Crippen LogP contribution < -0.4 is 0 Å². The summed E-state index contributed by atoms with van der Waals surface area (Å²) in [5, 5.41) is 9.36. The first-order valence-corrected chi connectivity index (χ1v) is 6.15. The third-order valence-corrected chi connectivity index (χ3v) is 4.14. The SMILES string of the molecule is Cc1c(Br)c2ccccn2c1C(C)(C)C(=O)O. The predicted molar refractivity (Wildman–Crippen MR) is 70.5 cm³/mol. The molecule has 2 heterocycles. The molecule has 0 aliphatic heterocycles. The molecule has 90 valence electrons. The first kappa shape index (κ1) is 12.2. The van der Waals surface area contributed by atoms with Gasteiger partial charge in [-0.15, -0.1) is 0 Å². The summed E-state index contributed by atoms with van der Waals surface area (Å²) in [4.78, 5) is 11.4. The molecule has 2 rings (SSSR count). The van der Waals surface area contributed by atoms with Gasteiger partial charge in [-0.05, 0) is 54.4 Å². The Bertz CT molecular complexity index is 599. The van der Waals surface area contributed by atoms with Gasteiger partial charge in [0.05, 0.1) is 5.52 Å². The lowest BCUT2D eigenvalue weighted by molar-refractivity contribution is -0.142. The molecule has 3 nitrogen and oxygen atoms in total. The molecule has 0 aromatic carbocycles. The second kappa shape index (κ2) is 3.88. The van der Waals surface area contributed by atoms with Gasteiger partial charge in [0.25, 0.3) is 0 Å². The molecule has 0 unspecified atom stereocenters. The summed E-state index contributed by atoms with van der Waals surface area (Å²) >= 11 is 3.53. The van der Waals surface area contributed by atoms with E-state index in [0.29, 0.717) is 0 Å². The Morgan fingerprint density at radius 1 is 1.41 bits per heavy atom. The minimum Gasteiger partial charge on any atom is -0.481 e. The van der Waals surface area contributed by atoms with Crippen molar-refractivity contribution in [1.29, 1.82) is 0 Å². The topological polar surface area (TPSA) is 41.7 Å². The van der Waals surface area contributed by atoms with Crippen molar-refractivity contribution < 1.29 is 9.90 Å². The van der Waals surface area contributed by atoms with Crippen LogP contribution in [0, 0.1) is 6.92 Å². The van der Waals surface area contributed by atoms with E-state index in [4.69, 9.17) is 0 Å². The molecule has 0 amide bonds. The zero-order valence-electron chi connectivity index (χ0n) is 9.99.